The maximum atomic E-state index is 14.5. The molecule has 45 heavy (non-hydrogen) atoms. The van der Waals surface area contributed by atoms with Crippen LogP contribution in [0.15, 0.2) is 121 Å². The van der Waals surface area contributed by atoms with Gasteiger partial charge in [0.25, 0.3) is 0 Å². The first-order chi connectivity index (χ1) is 22.0. The second-order valence-corrected chi connectivity index (χ2v) is 11.9. The van der Waals surface area contributed by atoms with E-state index >= 15 is 0 Å². The number of amides is 1. The van der Waals surface area contributed by atoms with Gasteiger partial charge in [-0.1, -0.05) is 128 Å². The third-order valence-electron chi connectivity index (χ3n) is 8.62. The minimum Gasteiger partial charge on any atom is -0.374 e. The highest BCUT2D eigenvalue weighted by Gasteiger charge is 2.62. The Balaban J connectivity index is 1.38. The number of ether oxygens (including phenoxy) is 4. The SMILES string of the molecule is C[C@H]1C[C@]2(C(=O)c3ccccc3)O[C@H](COCc3ccccc3)[C@H](OCc3ccccc3)[C@H](OCc3ccccc3)[C@H]2NC1=O. The molecule has 0 aliphatic carbocycles. The van der Waals surface area contributed by atoms with E-state index in [0.29, 0.717) is 18.8 Å². The van der Waals surface area contributed by atoms with Crippen LogP contribution in [0.25, 0.3) is 0 Å². The number of fused-ring (bicyclic) bond motifs is 1. The zero-order valence-electron chi connectivity index (χ0n) is 25.4. The molecule has 7 heteroatoms. The van der Waals surface area contributed by atoms with Crippen molar-refractivity contribution in [2.75, 3.05) is 6.61 Å². The van der Waals surface area contributed by atoms with E-state index in [4.69, 9.17) is 18.9 Å². The summed E-state index contributed by atoms with van der Waals surface area (Å²) in [6.07, 6.45) is -1.82. The van der Waals surface area contributed by atoms with Crippen LogP contribution in [0.1, 0.15) is 40.4 Å². The van der Waals surface area contributed by atoms with Crippen molar-refractivity contribution >= 4 is 11.7 Å². The van der Waals surface area contributed by atoms with Gasteiger partial charge in [0.1, 0.15) is 18.3 Å². The van der Waals surface area contributed by atoms with Crippen LogP contribution in [-0.2, 0) is 43.6 Å². The maximum Gasteiger partial charge on any atom is 0.223 e. The summed E-state index contributed by atoms with van der Waals surface area (Å²) in [5.41, 5.74) is 2.11. The lowest BCUT2D eigenvalue weighted by atomic mass is 9.70. The highest BCUT2D eigenvalue weighted by molar-refractivity contribution is 6.04. The molecule has 2 saturated heterocycles. The highest BCUT2D eigenvalue weighted by atomic mass is 16.6. The van der Waals surface area contributed by atoms with Crippen LogP contribution in [0.5, 0.6) is 0 Å². The number of ketones is 1. The van der Waals surface area contributed by atoms with Gasteiger partial charge >= 0.3 is 0 Å². The third kappa shape index (κ3) is 7.08. The predicted octanol–water partition coefficient (Wildman–Crippen LogP) is 5.92. The zero-order valence-corrected chi connectivity index (χ0v) is 25.4. The molecule has 0 spiro atoms. The Morgan fingerprint density at radius 1 is 0.733 bits per heavy atom. The predicted molar refractivity (Wildman–Crippen MR) is 170 cm³/mol. The Morgan fingerprint density at radius 3 is 1.78 bits per heavy atom. The fourth-order valence-electron chi connectivity index (χ4n) is 6.34. The quantitative estimate of drug-likeness (QED) is 0.202. The van der Waals surface area contributed by atoms with Gasteiger partial charge in [-0.05, 0) is 23.1 Å². The van der Waals surface area contributed by atoms with E-state index in [-0.39, 0.29) is 31.3 Å². The highest BCUT2D eigenvalue weighted by Crippen LogP contribution is 2.43. The van der Waals surface area contributed by atoms with Gasteiger partial charge in [-0.25, -0.2) is 0 Å². The van der Waals surface area contributed by atoms with Crippen LogP contribution in [0.4, 0.5) is 0 Å². The Kier molecular flexibility index (Phi) is 9.81. The van der Waals surface area contributed by atoms with Crippen LogP contribution in [0, 0.1) is 5.92 Å². The molecule has 1 amide bonds. The third-order valence-corrected chi connectivity index (χ3v) is 8.62. The second-order valence-electron chi connectivity index (χ2n) is 11.9. The molecule has 4 aromatic rings. The van der Waals surface area contributed by atoms with E-state index in [1.54, 1.807) is 12.1 Å². The first kappa shape index (κ1) is 30.9. The van der Waals surface area contributed by atoms with Crippen molar-refractivity contribution in [1.82, 2.24) is 5.32 Å². The molecule has 6 atom stereocenters. The topological polar surface area (TPSA) is 83.1 Å². The molecule has 0 saturated carbocycles. The molecule has 2 aliphatic rings. The summed E-state index contributed by atoms with van der Waals surface area (Å²) in [7, 11) is 0. The molecular formula is C38H39NO6. The van der Waals surface area contributed by atoms with Gasteiger partial charge in [0.15, 0.2) is 11.4 Å². The van der Waals surface area contributed by atoms with Gasteiger partial charge in [-0.2, -0.15) is 0 Å². The van der Waals surface area contributed by atoms with Crippen LogP contribution in [-0.4, -0.2) is 48.3 Å². The van der Waals surface area contributed by atoms with E-state index in [1.165, 1.54) is 0 Å². The van der Waals surface area contributed by atoms with Crippen molar-refractivity contribution in [2.24, 2.45) is 5.92 Å². The first-order valence-electron chi connectivity index (χ1n) is 15.5. The molecular weight excluding hydrogens is 566 g/mol. The molecule has 7 nitrogen and oxygen atoms in total. The molecule has 0 bridgehead atoms. The molecule has 6 rings (SSSR count). The summed E-state index contributed by atoms with van der Waals surface area (Å²) in [4.78, 5) is 27.8. The first-order valence-corrected chi connectivity index (χ1v) is 15.5. The fraction of sp³-hybridized carbons (Fsp3) is 0.316. The molecule has 2 aliphatic heterocycles. The minimum absolute atomic E-state index is 0.144. The van der Waals surface area contributed by atoms with E-state index in [1.807, 2.05) is 116 Å². The smallest absolute Gasteiger partial charge is 0.223 e. The second kappa shape index (κ2) is 14.3. The average Bonchev–Trinajstić information content (AvgIpc) is 3.09. The van der Waals surface area contributed by atoms with Gasteiger partial charge in [-0.3, -0.25) is 9.59 Å². The summed E-state index contributed by atoms with van der Waals surface area (Å²) in [6.45, 7) is 2.93. The lowest BCUT2D eigenvalue weighted by molar-refractivity contribution is -0.259. The number of benzene rings is 4. The average molecular weight is 606 g/mol. The van der Waals surface area contributed by atoms with Gasteiger partial charge in [0.2, 0.25) is 5.91 Å². The van der Waals surface area contributed by atoms with E-state index < -0.39 is 35.9 Å². The number of piperidine rings is 1. The van der Waals surface area contributed by atoms with Crippen LogP contribution in [0.2, 0.25) is 0 Å². The van der Waals surface area contributed by atoms with Crippen LogP contribution < -0.4 is 5.32 Å². The van der Waals surface area contributed by atoms with Crippen molar-refractivity contribution in [3.05, 3.63) is 144 Å². The minimum atomic E-state index is -1.39. The molecule has 2 fully saturated rings. The Labute approximate surface area is 264 Å². The van der Waals surface area contributed by atoms with Crippen LogP contribution >= 0.6 is 0 Å². The molecule has 1 N–H and O–H groups in total. The number of rotatable bonds is 12. The monoisotopic (exact) mass is 605 g/mol. The molecule has 0 unspecified atom stereocenters. The Bertz CT molecular complexity index is 1530. The molecule has 0 radical (unpaired) electrons. The molecule has 4 aromatic carbocycles. The largest absolute Gasteiger partial charge is 0.374 e. The summed E-state index contributed by atoms with van der Waals surface area (Å²) in [5.74, 6) is -0.784. The number of nitrogens with one attached hydrogen (secondary N) is 1. The summed E-state index contributed by atoms with van der Waals surface area (Å²) in [5, 5.41) is 3.15. The number of hydrogen-bond donors (Lipinski definition) is 1. The molecule has 0 aromatic heterocycles. The van der Waals surface area contributed by atoms with Gasteiger partial charge in [-0.15, -0.1) is 0 Å². The summed E-state index contributed by atoms with van der Waals surface area (Å²) in [6, 6.07) is 38.0. The normalized spacial score (nSPS) is 26.1. The summed E-state index contributed by atoms with van der Waals surface area (Å²) < 4.78 is 26.5. The maximum absolute atomic E-state index is 14.5. The van der Waals surface area contributed by atoms with E-state index in [2.05, 4.69) is 5.32 Å². The van der Waals surface area contributed by atoms with Crippen molar-refractivity contribution < 1.29 is 28.5 Å². The van der Waals surface area contributed by atoms with Crippen molar-refractivity contribution in [3.63, 3.8) is 0 Å². The number of carbonyl (C=O) groups is 2. The van der Waals surface area contributed by atoms with Gasteiger partial charge in [0.05, 0.1) is 32.5 Å². The van der Waals surface area contributed by atoms with Crippen molar-refractivity contribution in [3.8, 4) is 0 Å². The van der Waals surface area contributed by atoms with Crippen molar-refractivity contribution in [2.45, 2.75) is 63.1 Å². The van der Waals surface area contributed by atoms with E-state index in [0.717, 1.165) is 16.7 Å². The lowest BCUT2D eigenvalue weighted by Crippen LogP contribution is -2.76. The zero-order chi connectivity index (χ0) is 31.1. The molecule has 2 heterocycles. The van der Waals surface area contributed by atoms with Crippen molar-refractivity contribution in [1.29, 1.82) is 0 Å². The van der Waals surface area contributed by atoms with Gasteiger partial charge < -0.3 is 24.3 Å². The summed E-state index contributed by atoms with van der Waals surface area (Å²) >= 11 is 0. The fourth-order valence-corrected chi connectivity index (χ4v) is 6.34. The Morgan fingerprint density at radius 2 is 1.22 bits per heavy atom. The number of carbonyl (C=O) groups excluding carboxylic acids is 2. The van der Waals surface area contributed by atoms with Crippen LogP contribution in [0.3, 0.4) is 0 Å². The van der Waals surface area contributed by atoms with E-state index in [9.17, 15) is 9.59 Å². The van der Waals surface area contributed by atoms with Gasteiger partial charge in [0, 0.05) is 11.5 Å². The lowest BCUT2D eigenvalue weighted by Gasteiger charge is -2.55. The standard InChI is InChI=1S/C38H39NO6/c1-27-22-38(36(40)31-20-12-5-13-21-31)35(39-37(27)41)34(44-25-30-18-10-4-11-19-30)33(43-24-29-16-8-3-9-17-29)32(45-38)26-42-23-28-14-6-2-7-15-28/h2-21,27,32-35H,22-26H2,1H3,(H,39,41)/t27-,32+,33-,34-,35+,38-/m0/s1. The molecule has 232 valence electrons. The Hall–Kier alpha value is -4.14. The number of hydrogen-bond acceptors (Lipinski definition) is 6. The number of Topliss-reactive ketones (excluding diaryl/α,β-unsaturated/α-hetero) is 1.